The zero-order valence-electron chi connectivity index (χ0n) is 12.9. The Kier molecular flexibility index (Phi) is 9.30. The summed E-state index contributed by atoms with van der Waals surface area (Å²) < 4.78 is 16.4. The Bertz CT molecular complexity index is 432. The van der Waals surface area contributed by atoms with Gasteiger partial charge in [-0.25, -0.2) is 0 Å². The summed E-state index contributed by atoms with van der Waals surface area (Å²) in [5.41, 5.74) is 6.26. The average Bonchev–Trinajstić information content (AvgIpc) is 2.48. The summed E-state index contributed by atoms with van der Waals surface area (Å²) in [4.78, 5) is 0. The predicted molar refractivity (Wildman–Crippen MR) is 84.3 cm³/mol. The molecule has 0 aliphatic rings. The third-order valence-electron chi connectivity index (χ3n) is 2.51. The second-order valence-corrected chi connectivity index (χ2v) is 4.96. The largest absolute Gasteiger partial charge is 0.491 e. The minimum absolute atomic E-state index is 0.372. The highest BCUT2D eigenvalue weighted by Gasteiger charge is 1.96. The molecule has 0 amide bonds. The van der Waals surface area contributed by atoms with Crippen molar-refractivity contribution in [1.82, 2.24) is 0 Å². The minimum Gasteiger partial charge on any atom is -0.491 e. The molecule has 21 heavy (non-hydrogen) atoms. The maximum Gasteiger partial charge on any atom is 0.119 e. The van der Waals surface area contributed by atoms with Crippen molar-refractivity contribution in [3.8, 4) is 17.6 Å². The van der Waals surface area contributed by atoms with Crippen LogP contribution in [0.15, 0.2) is 24.3 Å². The topological polar surface area (TPSA) is 53.7 Å². The monoisotopic (exact) mass is 291 g/mol. The van der Waals surface area contributed by atoms with Crippen LogP contribution in [0.25, 0.3) is 0 Å². The first kappa shape index (κ1) is 17.5. The smallest absolute Gasteiger partial charge is 0.119 e. The van der Waals surface area contributed by atoms with Crippen LogP contribution in [0.1, 0.15) is 19.4 Å². The molecule has 0 radical (unpaired) electrons. The number of hydrogen-bond donors (Lipinski definition) is 1. The summed E-state index contributed by atoms with van der Waals surface area (Å²) in [6.07, 6.45) is 0. The molecule has 1 aromatic carbocycles. The van der Waals surface area contributed by atoms with Gasteiger partial charge in [0.1, 0.15) is 12.4 Å². The maximum absolute atomic E-state index is 5.57. The molecule has 0 aromatic heterocycles. The van der Waals surface area contributed by atoms with Crippen molar-refractivity contribution in [3.05, 3.63) is 29.8 Å². The molecule has 0 spiro atoms. The fraction of sp³-hybridized carbons (Fsp3) is 0.529. The minimum atomic E-state index is 0.372. The predicted octanol–water partition coefficient (Wildman–Crippen LogP) is 2.06. The second kappa shape index (κ2) is 11.2. The third kappa shape index (κ3) is 9.09. The summed E-state index contributed by atoms with van der Waals surface area (Å²) in [5, 5.41) is 0. The molecule has 0 atom stereocenters. The van der Waals surface area contributed by atoms with Gasteiger partial charge in [0.05, 0.1) is 26.4 Å². The molecule has 0 unspecified atom stereocenters. The molecule has 0 aliphatic heterocycles. The van der Waals surface area contributed by atoms with Crippen molar-refractivity contribution in [3.63, 3.8) is 0 Å². The number of rotatable bonds is 9. The summed E-state index contributed by atoms with van der Waals surface area (Å²) in [6.45, 7) is 7.72. The van der Waals surface area contributed by atoms with Gasteiger partial charge >= 0.3 is 0 Å². The molecule has 2 N–H and O–H groups in total. The van der Waals surface area contributed by atoms with Crippen LogP contribution >= 0.6 is 0 Å². The van der Waals surface area contributed by atoms with E-state index < -0.39 is 0 Å². The lowest BCUT2D eigenvalue weighted by Gasteiger charge is -2.08. The summed E-state index contributed by atoms with van der Waals surface area (Å²) >= 11 is 0. The summed E-state index contributed by atoms with van der Waals surface area (Å²) in [5.74, 6) is 7.15. The summed E-state index contributed by atoms with van der Waals surface area (Å²) in [7, 11) is 0. The van der Waals surface area contributed by atoms with Crippen LogP contribution in [-0.4, -0.2) is 39.6 Å². The highest BCUT2D eigenvalue weighted by molar-refractivity contribution is 5.38. The SMILES string of the molecule is CC(C)COCCOCCOc1ccc(C#CCN)cc1. The molecule has 0 bridgehead atoms. The summed E-state index contributed by atoms with van der Waals surface area (Å²) in [6, 6.07) is 7.62. The first-order chi connectivity index (χ1) is 10.2. The zero-order valence-corrected chi connectivity index (χ0v) is 12.9. The van der Waals surface area contributed by atoms with Crippen molar-refractivity contribution in [2.75, 3.05) is 39.6 Å². The molecule has 4 heteroatoms. The van der Waals surface area contributed by atoms with E-state index in [0.717, 1.165) is 17.9 Å². The van der Waals surface area contributed by atoms with Crippen molar-refractivity contribution in [1.29, 1.82) is 0 Å². The second-order valence-electron chi connectivity index (χ2n) is 4.96. The van der Waals surface area contributed by atoms with E-state index in [1.165, 1.54) is 0 Å². The van der Waals surface area contributed by atoms with Gasteiger partial charge in [0, 0.05) is 12.2 Å². The van der Waals surface area contributed by atoms with Gasteiger partial charge in [-0.3, -0.25) is 0 Å². The molecule has 0 fully saturated rings. The van der Waals surface area contributed by atoms with Crippen LogP contribution in [0.3, 0.4) is 0 Å². The van der Waals surface area contributed by atoms with Gasteiger partial charge in [-0.2, -0.15) is 0 Å². The molecule has 0 saturated carbocycles. The van der Waals surface area contributed by atoms with Gasteiger partial charge in [0.2, 0.25) is 0 Å². The molecule has 116 valence electrons. The van der Waals surface area contributed by atoms with E-state index >= 15 is 0 Å². The number of nitrogens with two attached hydrogens (primary N) is 1. The lowest BCUT2D eigenvalue weighted by Crippen LogP contribution is -2.12. The Balaban J connectivity index is 2.07. The van der Waals surface area contributed by atoms with Crippen LogP contribution in [0.4, 0.5) is 0 Å². The van der Waals surface area contributed by atoms with E-state index in [4.69, 9.17) is 19.9 Å². The lowest BCUT2D eigenvalue weighted by molar-refractivity contribution is 0.0282. The van der Waals surface area contributed by atoms with Crippen LogP contribution in [0.2, 0.25) is 0 Å². The van der Waals surface area contributed by atoms with E-state index in [1.807, 2.05) is 24.3 Å². The van der Waals surface area contributed by atoms with E-state index in [9.17, 15) is 0 Å². The van der Waals surface area contributed by atoms with E-state index in [1.54, 1.807) is 0 Å². The van der Waals surface area contributed by atoms with E-state index in [0.29, 0.717) is 38.9 Å². The average molecular weight is 291 g/mol. The molecule has 1 rings (SSSR count). The van der Waals surface area contributed by atoms with Crippen molar-refractivity contribution >= 4 is 0 Å². The van der Waals surface area contributed by atoms with Crippen molar-refractivity contribution < 1.29 is 14.2 Å². The Morgan fingerprint density at radius 1 is 1.00 bits per heavy atom. The first-order valence-corrected chi connectivity index (χ1v) is 7.29. The molecular formula is C17H25NO3. The van der Waals surface area contributed by atoms with Crippen LogP contribution in [0.5, 0.6) is 5.75 Å². The molecule has 1 aromatic rings. The number of hydrogen-bond acceptors (Lipinski definition) is 4. The Labute approximate surface area is 127 Å². The van der Waals surface area contributed by atoms with Crippen LogP contribution in [-0.2, 0) is 9.47 Å². The molecule has 0 aliphatic carbocycles. The van der Waals surface area contributed by atoms with Gasteiger partial charge in [0.15, 0.2) is 0 Å². The number of benzene rings is 1. The highest BCUT2D eigenvalue weighted by atomic mass is 16.5. The van der Waals surface area contributed by atoms with Gasteiger partial charge in [0.25, 0.3) is 0 Å². The highest BCUT2D eigenvalue weighted by Crippen LogP contribution is 2.11. The van der Waals surface area contributed by atoms with E-state index in [-0.39, 0.29) is 0 Å². The van der Waals surface area contributed by atoms with Crippen molar-refractivity contribution in [2.45, 2.75) is 13.8 Å². The van der Waals surface area contributed by atoms with Crippen LogP contribution < -0.4 is 10.5 Å². The van der Waals surface area contributed by atoms with Crippen molar-refractivity contribution in [2.24, 2.45) is 11.7 Å². The quantitative estimate of drug-likeness (QED) is 0.559. The molecule has 4 nitrogen and oxygen atoms in total. The third-order valence-corrected chi connectivity index (χ3v) is 2.51. The van der Waals surface area contributed by atoms with Gasteiger partial charge < -0.3 is 19.9 Å². The van der Waals surface area contributed by atoms with Crippen LogP contribution in [0, 0.1) is 17.8 Å². The fourth-order valence-electron chi connectivity index (χ4n) is 1.54. The number of ether oxygens (including phenoxy) is 3. The maximum atomic E-state index is 5.57. The van der Waals surface area contributed by atoms with Gasteiger partial charge in [-0.15, -0.1) is 0 Å². The first-order valence-electron chi connectivity index (χ1n) is 7.29. The van der Waals surface area contributed by atoms with Gasteiger partial charge in [-0.1, -0.05) is 25.7 Å². The standard InChI is InChI=1S/C17H25NO3/c1-15(2)14-20-11-10-19-12-13-21-17-7-5-16(6-8-17)4-3-9-18/h5-8,15H,9-14,18H2,1-2H3. The van der Waals surface area contributed by atoms with Gasteiger partial charge in [-0.05, 0) is 30.2 Å². The Morgan fingerprint density at radius 2 is 1.67 bits per heavy atom. The fourth-order valence-corrected chi connectivity index (χ4v) is 1.54. The molecule has 0 heterocycles. The lowest BCUT2D eigenvalue weighted by atomic mass is 10.2. The Hall–Kier alpha value is -1.54. The molecular weight excluding hydrogens is 266 g/mol. The Morgan fingerprint density at radius 3 is 2.33 bits per heavy atom. The normalized spacial score (nSPS) is 10.3. The molecule has 0 saturated heterocycles. The zero-order chi connectivity index (χ0) is 15.3. The van der Waals surface area contributed by atoms with E-state index in [2.05, 4.69) is 25.7 Å².